The Bertz CT molecular complexity index is 1200. The second kappa shape index (κ2) is 13.0. The molecule has 0 saturated heterocycles. The molecule has 0 aliphatic carbocycles. The van der Waals surface area contributed by atoms with Crippen molar-refractivity contribution in [1.82, 2.24) is 30.8 Å². The highest BCUT2D eigenvalue weighted by Gasteiger charge is 2.21. The number of tetrazole rings is 1. The third-order valence-corrected chi connectivity index (χ3v) is 5.64. The molecule has 194 valence electrons. The van der Waals surface area contributed by atoms with Crippen LogP contribution in [0.3, 0.4) is 0 Å². The van der Waals surface area contributed by atoms with Gasteiger partial charge < -0.3 is 20.5 Å². The number of nitrogens with one attached hydrogen (secondary N) is 3. The van der Waals surface area contributed by atoms with Crippen LogP contribution in [0.4, 0.5) is 5.95 Å². The van der Waals surface area contributed by atoms with Gasteiger partial charge in [0.05, 0.1) is 13.2 Å². The number of guanidine groups is 1. The lowest BCUT2D eigenvalue weighted by Gasteiger charge is -2.16. The van der Waals surface area contributed by atoms with Crippen molar-refractivity contribution in [3.8, 4) is 5.75 Å². The fraction of sp³-hybridized carbons (Fsp3) is 0.360. The van der Waals surface area contributed by atoms with Crippen molar-refractivity contribution in [2.24, 2.45) is 4.99 Å². The lowest BCUT2D eigenvalue weighted by atomic mass is 10.1. The smallest absolute Gasteiger partial charge is 0.326 e. The Morgan fingerprint density at radius 3 is 2.65 bits per heavy atom. The molecule has 37 heavy (non-hydrogen) atoms. The zero-order valence-corrected chi connectivity index (χ0v) is 20.3. The molecule has 0 fully saturated rings. The minimum Gasteiger partial charge on any atom is -0.494 e. The number of carboxylic acids is 1. The second-order valence-corrected chi connectivity index (χ2v) is 8.54. The van der Waals surface area contributed by atoms with Gasteiger partial charge in [0.1, 0.15) is 11.8 Å². The number of amides is 1. The molecule has 1 amide bonds. The molecule has 0 bridgehead atoms. The molecule has 2 aromatic carbocycles. The number of aliphatic imine (C=N–C) groups is 1. The van der Waals surface area contributed by atoms with Gasteiger partial charge in [-0.25, -0.2) is 9.48 Å². The van der Waals surface area contributed by atoms with Gasteiger partial charge in [-0.3, -0.25) is 15.1 Å². The highest BCUT2D eigenvalue weighted by molar-refractivity contribution is 5.97. The van der Waals surface area contributed by atoms with E-state index in [-0.39, 0.29) is 18.3 Å². The number of aliphatic carboxylic acids is 1. The molecule has 3 aromatic rings. The summed E-state index contributed by atoms with van der Waals surface area (Å²) in [7, 11) is 0. The van der Waals surface area contributed by atoms with E-state index in [1.807, 2.05) is 42.5 Å². The van der Waals surface area contributed by atoms with E-state index in [9.17, 15) is 14.7 Å². The van der Waals surface area contributed by atoms with Crippen molar-refractivity contribution >= 4 is 23.8 Å². The first-order valence-electron chi connectivity index (χ1n) is 12.2. The van der Waals surface area contributed by atoms with Crippen LogP contribution in [0.25, 0.3) is 0 Å². The second-order valence-electron chi connectivity index (χ2n) is 8.54. The van der Waals surface area contributed by atoms with E-state index < -0.39 is 12.0 Å². The highest BCUT2D eigenvalue weighted by Crippen LogP contribution is 2.16. The lowest BCUT2D eigenvalue weighted by molar-refractivity contribution is -0.137. The molecule has 12 heteroatoms. The molecule has 4 rings (SSSR count). The van der Waals surface area contributed by atoms with Crippen LogP contribution in [-0.4, -0.2) is 68.9 Å². The van der Waals surface area contributed by atoms with Gasteiger partial charge in [0.25, 0.3) is 0 Å². The standard InChI is InChI=1S/C25H30N8O4/c34-22(29-24-26-13-5-14-27-24)8-4-15-37-20-11-9-18(10-12-20)16-21(23(35)36)28-25-30-31-32-33(25)17-19-6-2-1-3-7-19/h1-3,6-7,9-12,21H,4-5,8,13-17H2,(H,35,36)(H,28,30,32)(H2,26,27,29,34). The predicted molar refractivity (Wildman–Crippen MR) is 136 cm³/mol. The molecule has 0 saturated carbocycles. The number of hydrogen-bond donors (Lipinski definition) is 4. The predicted octanol–water partition coefficient (Wildman–Crippen LogP) is 1.45. The largest absolute Gasteiger partial charge is 0.494 e. The number of carbonyl (C=O) groups excluding carboxylic acids is 1. The summed E-state index contributed by atoms with van der Waals surface area (Å²) in [5, 5.41) is 30.1. The van der Waals surface area contributed by atoms with Gasteiger partial charge in [0, 0.05) is 25.9 Å². The monoisotopic (exact) mass is 506 g/mol. The zero-order chi connectivity index (χ0) is 25.9. The van der Waals surface area contributed by atoms with E-state index in [1.165, 1.54) is 4.68 Å². The molecular weight excluding hydrogens is 476 g/mol. The van der Waals surface area contributed by atoms with Crippen LogP contribution >= 0.6 is 0 Å². The van der Waals surface area contributed by atoms with Crippen LogP contribution in [0.1, 0.15) is 30.4 Å². The average Bonchev–Trinajstić information content (AvgIpc) is 3.34. The number of rotatable bonds is 12. The summed E-state index contributed by atoms with van der Waals surface area (Å²) >= 11 is 0. The normalized spacial score (nSPS) is 13.7. The molecule has 1 aliphatic rings. The maximum atomic E-state index is 12.0. The summed E-state index contributed by atoms with van der Waals surface area (Å²) < 4.78 is 7.25. The quantitative estimate of drug-likeness (QED) is 0.267. The van der Waals surface area contributed by atoms with Gasteiger partial charge in [0.2, 0.25) is 11.9 Å². The molecule has 1 aromatic heterocycles. The number of anilines is 1. The molecule has 0 radical (unpaired) electrons. The third kappa shape index (κ3) is 8.02. The Hall–Kier alpha value is -4.48. The topological polar surface area (TPSA) is 156 Å². The first-order chi connectivity index (χ1) is 18.1. The molecule has 12 nitrogen and oxygen atoms in total. The summed E-state index contributed by atoms with van der Waals surface area (Å²) in [5.74, 6) is 0.353. The Morgan fingerprint density at radius 1 is 1.11 bits per heavy atom. The van der Waals surface area contributed by atoms with Crippen LogP contribution < -0.4 is 20.7 Å². The number of carboxylic acid groups (broad SMARTS) is 1. The number of hydrogen-bond acceptors (Lipinski definition) is 9. The van der Waals surface area contributed by atoms with Crippen molar-refractivity contribution in [1.29, 1.82) is 0 Å². The van der Waals surface area contributed by atoms with Crippen LogP contribution in [0.5, 0.6) is 5.75 Å². The van der Waals surface area contributed by atoms with Gasteiger partial charge in [-0.1, -0.05) is 47.6 Å². The maximum Gasteiger partial charge on any atom is 0.326 e. The van der Waals surface area contributed by atoms with Gasteiger partial charge >= 0.3 is 5.97 Å². The summed E-state index contributed by atoms with van der Waals surface area (Å²) in [5.41, 5.74) is 1.81. The Balaban J connectivity index is 1.24. The van der Waals surface area contributed by atoms with Crippen molar-refractivity contribution in [2.75, 3.05) is 25.0 Å². The van der Waals surface area contributed by atoms with E-state index in [0.29, 0.717) is 37.7 Å². The summed E-state index contributed by atoms with van der Waals surface area (Å²) in [6.45, 7) is 2.34. The molecule has 1 unspecified atom stereocenters. The van der Waals surface area contributed by atoms with Crippen LogP contribution in [0.2, 0.25) is 0 Å². The molecule has 0 spiro atoms. The maximum absolute atomic E-state index is 12.0. The molecule has 4 N–H and O–H groups in total. The Morgan fingerprint density at radius 2 is 1.92 bits per heavy atom. The molecule has 2 heterocycles. The van der Waals surface area contributed by atoms with E-state index in [2.05, 4.69) is 36.5 Å². The molecule has 1 atom stereocenters. The molecular formula is C25H30N8O4. The van der Waals surface area contributed by atoms with Gasteiger partial charge in [0.15, 0.2) is 5.96 Å². The van der Waals surface area contributed by atoms with Crippen molar-refractivity contribution in [3.05, 3.63) is 65.7 Å². The van der Waals surface area contributed by atoms with Crippen LogP contribution in [-0.2, 0) is 22.6 Å². The van der Waals surface area contributed by atoms with E-state index in [4.69, 9.17) is 4.74 Å². The summed E-state index contributed by atoms with van der Waals surface area (Å²) in [4.78, 5) is 28.1. The van der Waals surface area contributed by atoms with E-state index in [0.717, 1.165) is 30.6 Å². The number of nitrogens with zero attached hydrogens (tertiary/aromatic N) is 5. The van der Waals surface area contributed by atoms with Gasteiger partial charge in [-0.2, -0.15) is 0 Å². The third-order valence-electron chi connectivity index (χ3n) is 5.64. The zero-order valence-electron chi connectivity index (χ0n) is 20.3. The minimum atomic E-state index is -1.01. The van der Waals surface area contributed by atoms with Crippen LogP contribution in [0.15, 0.2) is 59.6 Å². The molecule has 1 aliphatic heterocycles. The van der Waals surface area contributed by atoms with Crippen molar-refractivity contribution in [3.63, 3.8) is 0 Å². The highest BCUT2D eigenvalue weighted by atomic mass is 16.5. The summed E-state index contributed by atoms with van der Waals surface area (Å²) in [6, 6.07) is 15.9. The number of carbonyl (C=O) groups is 2. The minimum absolute atomic E-state index is 0.103. The summed E-state index contributed by atoms with van der Waals surface area (Å²) in [6.07, 6.45) is 2.08. The SMILES string of the molecule is O=C(CCCOc1ccc(CC(Nc2nnnn2Cc2ccccc2)C(=O)O)cc1)NC1=NCCCN1. The van der Waals surface area contributed by atoms with E-state index in [1.54, 1.807) is 12.1 Å². The van der Waals surface area contributed by atoms with Crippen molar-refractivity contribution in [2.45, 2.75) is 38.3 Å². The lowest BCUT2D eigenvalue weighted by Crippen LogP contribution is -2.43. The first-order valence-corrected chi connectivity index (χ1v) is 12.2. The van der Waals surface area contributed by atoms with Crippen molar-refractivity contribution < 1.29 is 19.4 Å². The Labute approximate surface area is 214 Å². The Kier molecular flexibility index (Phi) is 9.00. The van der Waals surface area contributed by atoms with Crippen LogP contribution in [0, 0.1) is 0 Å². The number of benzene rings is 2. The van der Waals surface area contributed by atoms with Gasteiger partial charge in [-0.05, 0) is 46.5 Å². The fourth-order valence-corrected chi connectivity index (χ4v) is 3.72. The van der Waals surface area contributed by atoms with Gasteiger partial charge in [-0.15, -0.1) is 0 Å². The number of aromatic nitrogens is 4. The first kappa shape index (κ1) is 25.6. The fourth-order valence-electron chi connectivity index (χ4n) is 3.72. The number of ether oxygens (including phenoxy) is 1. The van der Waals surface area contributed by atoms with E-state index >= 15 is 0 Å². The average molecular weight is 507 g/mol.